The molecule has 0 saturated heterocycles. The van der Waals surface area contributed by atoms with Crippen LogP contribution < -0.4 is 10.1 Å². The number of nitrogens with one attached hydrogen (secondary N) is 1. The van der Waals surface area contributed by atoms with E-state index in [1.807, 2.05) is 13.0 Å². The van der Waals surface area contributed by atoms with Crippen LogP contribution in [0.1, 0.15) is 31.9 Å². The molecule has 0 saturated carbocycles. The number of hydrogen-bond acceptors (Lipinski definition) is 2. The quantitative estimate of drug-likeness (QED) is 0.765. The molecule has 0 aliphatic rings. The Morgan fingerprint density at radius 1 is 1.53 bits per heavy atom. The van der Waals surface area contributed by atoms with Gasteiger partial charge in [-0.25, -0.2) is 4.39 Å². The van der Waals surface area contributed by atoms with Gasteiger partial charge in [0.1, 0.15) is 6.61 Å². The van der Waals surface area contributed by atoms with E-state index >= 15 is 0 Å². The topological polar surface area (TPSA) is 21.3 Å². The monoisotopic (exact) mass is 235 g/mol. The van der Waals surface area contributed by atoms with Gasteiger partial charge in [0.15, 0.2) is 11.6 Å². The van der Waals surface area contributed by atoms with E-state index in [1.54, 1.807) is 6.07 Å². The highest BCUT2D eigenvalue weighted by Crippen LogP contribution is 2.21. The predicted molar refractivity (Wildman–Crippen MR) is 67.4 cm³/mol. The SMILES string of the molecule is C#CCOc1ccc(C(C)NCCC)cc1F. The molecular weight excluding hydrogens is 217 g/mol. The lowest BCUT2D eigenvalue weighted by Crippen LogP contribution is -2.19. The van der Waals surface area contributed by atoms with Crippen LogP contribution in [0.25, 0.3) is 0 Å². The van der Waals surface area contributed by atoms with Gasteiger partial charge in [0.2, 0.25) is 0 Å². The van der Waals surface area contributed by atoms with Crippen LogP contribution in [0.2, 0.25) is 0 Å². The summed E-state index contributed by atoms with van der Waals surface area (Å²) in [5.41, 5.74) is 0.906. The van der Waals surface area contributed by atoms with Crippen molar-refractivity contribution in [2.45, 2.75) is 26.3 Å². The second-order valence-corrected chi connectivity index (χ2v) is 3.86. The van der Waals surface area contributed by atoms with Crippen molar-refractivity contribution >= 4 is 0 Å². The first-order valence-corrected chi connectivity index (χ1v) is 5.78. The van der Waals surface area contributed by atoms with Crippen molar-refractivity contribution in [2.24, 2.45) is 0 Å². The average Bonchev–Trinajstić information content (AvgIpc) is 2.34. The highest BCUT2D eigenvalue weighted by molar-refractivity contribution is 5.31. The van der Waals surface area contributed by atoms with Gasteiger partial charge in [0.05, 0.1) is 0 Å². The minimum atomic E-state index is -0.372. The van der Waals surface area contributed by atoms with Crippen LogP contribution in [0.5, 0.6) is 5.75 Å². The maximum Gasteiger partial charge on any atom is 0.165 e. The van der Waals surface area contributed by atoms with Gasteiger partial charge in [0, 0.05) is 6.04 Å². The van der Waals surface area contributed by atoms with Crippen molar-refractivity contribution in [2.75, 3.05) is 13.2 Å². The van der Waals surface area contributed by atoms with Crippen molar-refractivity contribution in [1.82, 2.24) is 5.32 Å². The fourth-order valence-corrected chi connectivity index (χ4v) is 1.50. The van der Waals surface area contributed by atoms with Crippen LogP contribution in [0.15, 0.2) is 18.2 Å². The number of benzene rings is 1. The summed E-state index contributed by atoms with van der Waals surface area (Å²) in [6.45, 7) is 5.10. The summed E-state index contributed by atoms with van der Waals surface area (Å²) in [6, 6.07) is 5.08. The van der Waals surface area contributed by atoms with Crippen molar-refractivity contribution in [3.63, 3.8) is 0 Å². The lowest BCUT2D eigenvalue weighted by molar-refractivity contribution is 0.347. The third-order valence-corrected chi connectivity index (χ3v) is 2.47. The molecule has 2 nitrogen and oxygen atoms in total. The number of hydrogen-bond donors (Lipinski definition) is 1. The first kappa shape index (κ1) is 13.5. The molecule has 0 fully saturated rings. The zero-order chi connectivity index (χ0) is 12.7. The van der Waals surface area contributed by atoms with Crippen LogP contribution in [0.4, 0.5) is 4.39 Å². The zero-order valence-electron chi connectivity index (χ0n) is 10.3. The van der Waals surface area contributed by atoms with Crippen molar-refractivity contribution < 1.29 is 9.13 Å². The molecule has 0 heterocycles. The molecule has 1 aromatic rings. The minimum Gasteiger partial charge on any atom is -0.478 e. The summed E-state index contributed by atoms with van der Waals surface area (Å²) < 4.78 is 18.7. The van der Waals surface area contributed by atoms with Crippen LogP contribution in [-0.2, 0) is 0 Å². The fourth-order valence-electron chi connectivity index (χ4n) is 1.50. The summed E-state index contributed by atoms with van der Waals surface area (Å²) in [7, 11) is 0. The molecule has 0 aliphatic carbocycles. The van der Waals surface area contributed by atoms with Gasteiger partial charge in [-0.15, -0.1) is 6.42 Å². The summed E-state index contributed by atoms with van der Waals surface area (Å²) >= 11 is 0. The molecule has 0 aromatic heterocycles. The van der Waals surface area contributed by atoms with E-state index < -0.39 is 0 Å². The number of terminal acetylenes is 1. The first-order chi connectivity index (χ1) is 8.19. The van der Waals surface area contributed by atoms with Crippen LogP contribution in [0.3, 0.4) is 0 Å². The molecule has 0 radical (unpaired) electrons. The van der Waals surface area contributed by atoms with E-state index in [9.17, 15) is 4.39 Å². The van der Waals surface area contributed by atoms with Gasteiger partial charge in [-0.05, 0) is 37.6 Å². The second kappa shape index (κ2) is 6.93. The van der Waals surface area contributed by atoms with E-state index in [-0.39, 0.29) is 24.2 Å². The Morgan fingerprint density at radius 2 is 2.29 bits per heavy atom. The molecule has 17 heavy (non-hydrogen) atoms. The normalized spacial score (nSPS) is 11.9. The van der Waals surface area contributed by atoms with Gasteiger partial charge in [-0.1, -0.05) is 18.9 Å². The molecule has 1 N–H and O–H groups in total. The zero-order valence-corrected chi connectivity index (χ0v) is 10.3. The van der Waals surface area contributed by atoms with E-state index in [2.05, 4.69) is 18.2 Å². The number of halogens is 1. The Bertz CT molecular complexity index is 398. The van der Waals surface area contributed by atoms with E-state index in [0.717, 1.165) is 18.5 Å². The average molecular weight is 235 g/mol. The summed E-state index contributed by atoms with van der Waals surface area (Å²) in [5.74, 6) is 2.14. The Kier molecular flexibility index (Phi) is 5.51. The van der Waals surface area contributed by atoms with Crippen molar-refractivity contribution in [3.05, 3.63) is 29.6 Å². The van der Waals surface area contributed by atoms with Crippen molar-refractivity contribution in [3.8, 4) is 18.1 Å². The smallest absolute Gasteiger partial charge is 0.165 e. The largest absolute Gasteiger partial charge is 0.478 e. The van der Waals surface area contributed by atoms with Gasteiger partial charge >= 0.3 is 0 Å². The second-order valence-electron chi connectivity index (χ2n) is 3.86. The molecule has 0 amide bonds. The number of rotatable bonds is 6. The van der Waals surface area contributed by atoms with E-state index in [1.165, 1.54) is 6.07 Å². The standard InChI is InChI=1S/C14H18FNO/c1-4-8-16-11(3)12-6-7-14(13(15)10-12)17-9-5-2/h2,6-7,10-11,16H,4,8-9H2,1,3H3. The van der Waals surface area contributed by atoms with E-state index in [0.29, 0.717) is 0 Å². The third kappa shape index (κ3) is 4.08. The first-order valence-electron chi connectivity index (χ1n) is 5.78. The van der Waals surface area contributed by atoms with Crippen LogP contribution in [0, 0.1) is 18.2 Å². The molecule has 0 bridgehead atoms. The summed E-state index contributed by atoms with van der Waals surface area (Å²) in [4.78, 5) is 0. The molecular formula is C14H18FNO. The summed E-state index contributed by atoms with van der Waals surface area (Å²) in [5, 5.41) is 3.30. The number of ether oxygens (including phenoxy) is 1. The highest BCUT2D eigenvalue weighted by atomic mass is 19.1. The molecule has 0 spiro atoms. The van der Waals surface area contributed by atoms with Crippen molar-refractivity contribution in [1.29, 1.82) is 0 Å². The molecule has 0 aliphatic heterocycles. The fraction of sp³-hybridized carbons (Fsp3) is 0.429. The molecule has 1 aromatic carbocycles. The molecule has 1 unspecified atom stereocenters. The maximum atomic E-state index is 13.6. The van der Waals surface area contributed by atoms with Gasteiger partial charge in [-0.2, -0.15) is 0 Å². The Labute approximate surface area is 102 Å². The molecule has 3 heteroatoms. The molecule has 92 valence electrons. The Balaban J connectivity index is 2.71. The Hall–Kier alpha value is -1.53. The Morgan fingerprint density at radius 3 is 2.88 bits per heavy atom. The third-order valence-electron chi connectivity index (χ3n) is 2.47. The lowest BCUT2D eigenvalue weighted by Gasteiger charge is -2.14. The van der Waals surface area contributed by atoms with Gasteiger partial charge in [-0.3, -0.25) is 0 Å². The summed E-state index contributed by atoms with van der Waals surface area (Å²) in [6.07, 6.45) is 6.10. The van der Waals surface area contributed by atoms with Gasteiger partial charge in [0.25, 0.3) is 0 Å². The minimum absolute atomic E-state index is 0.0832. The predicted octanol–water partition coefficient (Wildman–Crippen LogP) is 2.90. The maximum absolute atomic E-state index is 13.6. The highest BCUT2D eigenvalue weighted by Gasteiger charge is 2.09. The van der Waals surface area contributed by atoms with Crippen LogP contribution >= 0.6 is 0 Å². The molecule has 1 rings (SSSR count). The van der Waals surface area contributed by atoms with Gasteiger partial charge < -0.3 is 10.1 Å². The van der Waals surface area contributed by atoms with Crippen LogP contribution in [-0.4, -0.2) is 13.2 Å². The lowest BCUT2D eigenvalue weighted by atomic mass is 10.1. The van der Waals surface area contributed by atoms with E-state index in [4.69, 9.17) is 11.2 Å². The molecule has 1 atom stereocenters.